The average Bonchev–Trinajstić information content (AvgIpc) is 2.54. The SMILES string of the molecule is CCNCN1CNCN2CCCC2C1. The van der Waals surface area contributed by atoms with Crippen LogP contribution in [0.15, 0.2) is 0 Å². The maximum atomic E-state index is 3.49. The molecule has 0 aliphatic carbocycles. The van der Waals surface area contributed by atoms with E-state index in [-0.39, 0.29) is 0 Å². The van der Waals surface area contributed by atoms with Gasteiger partial charge >= 0.3 is 0 Å². The van der Waals surface area contributed by atoms with Crippen molar-refractivity contribution in [2.45, 2.75) is 25.8 Å². The fourth-order valence-corrected chi connectivity index (χ4v) is 2.41. The van der Waals surface area contributed by atoms with Crippen LogP contribution in [-0.2, 0) is 0 Å². The lowest BCUT2D eigenvalue weighted by molar-refractivity contribution is 0.211. The zero-order valence-electron chi connectivity index (χ0n) is 9.13. The van der Waals surface area contributed by atoms with Crippen LogP contribution in [0.2, 0.25) is 0 Å². The van der Waals surface area contributed by atoms with E-state index in [2.05, 4.69) is 27.4 Å². The van der Waals surface area contributed by atoms with E-state index in [1.165, 1.54) is 25.9 Å². The number of nitrogens with one attached hydrogen (secondary N) is 2. The molecule has 2 N–H and O–H groups in total. The van der Waals surface area contributed by atoms with Gasteiger partial charge in [-0.25, -0.2) is 0 Å². The molecule has 4 heteroatoms. The Hall–Kier alpha value is -0.160. The van der Waals surface area contributed by atoms with Gasteiger partial charge in [0.1, 0.15) is 0 Å². The molecular formula is C10H22N4. The number of hydrogen-bond acceptors (Lipinski definition) is 4. The summed E-state index contributed by atoms with van der Waals surface area (Å²) in [6.45, 7) is 8.85. The van der Waals surface area contributed by atoms with Gasteiger partial charge in [0.15, 0.2) is 0 Å². The van der Waals surface area contributed by atoms with E-state index in [9.17, 15) is 0 Å². The van der Waals surface area contributed by atoms with Crippen molar-refractivity contribution in [2.24, 2.45) is 0 Å². The summed E-state index contributed by atoms with van der Waals surface area (Å²) >= 11 is 0. The molecule has 2 rings (SSSR count). The Labute approximate surface area is 86.6 Å². The molecule has 0 aromatic rings. The van der Waals surface area contributed by atoms with Crippen molar-refractivity contribution >= 4 is 0 Å². The summed E-state index contributed by atoms with van der Waals surface area (Å²) in [5, 5.41) is 6.88. The molecule has 2 aliphatic rings. The summed E-state index contributed by atoms with van der Waals surface area (Å²) in [5.74, 6) is 0. The lowest BCUT2D eigenvalue weighted by Gasteiger charge is -2.24. The number of rotatable bonds is 3. The van der Waals surface area contributed by atoms with Crippen molar-refractivity contribution in [3.8, 4) is 0 Å². The summed E-state index contributed by atoms with van der Waals surface area (Å²) in [7, 11) is 0. The molecule has 1 unspecified atom stereocenters. The highest BCUT2D eigenvalue weighted by molar-refractivity contribution is 4.83. The molecule has 0 aromatic carbocycles. The highest BCUT2D eigenvalue weighted by Gasteiger charge is 2.27. The Bertz CT molecular complexity index is 172. The maximum absolute atomic E-state index is 3.49. The minimum absolute atomic E-state index is 0.795. The fraction of sp³-hybridized carbons (Fsp3) is 1.00. The zero-order valence-corrected chi connectivity index (χ0v) is 9.13. The van der Waals surface area contributed by atoms with Gasteiger partial charge in [0.25, 0.3) is 0 Å². The van der Waals surface area contributed by atoms with Crippen molar-refractivity contribution < 1.29 is 0 Å². The fourth-order valence-electron chi connectivity index (χ4n) is 2.41. The van der Waals surface area contributed by atoms with Crippen molar-refractivity contribution in [1.82, 2.24) is 20.4 Å². The highest BCUT2D eigenvalue weighted by Crippen LogP contribution is 2.18. The van der Waals surface area contributed by atoms with Crippen LogP contribution < -0.4 is 10.6 Å². The van der Waals surface area contributed by atoms with Crippen LogP contribution >= 0.6 is 0 Å². The van der Waals surface area contributed by atoms with E-state index in [1.807, 2.05) is 0 Å². The molecule has 1 atom stereocenters. The van der Waals surface area contributed by atoms with Crippen LogP contribution in [0.4, 0.5) is 0 Å². The van der Waals surface area contributed by atoms with Crippen LogP contribution in [-0.4, -0.2) is 55.5 Å². The van der Waals surface area contributed by atoms with Gasteiger partial charge in [-0.15, -0.1) is 0 Å². The standard InChI is InChI=1S/C10H22N4/c1-2-11-7-13-6-10-4-3-5-14(10)9-12-8-13/h10-12H,2-9H2,1H3. The number of hydrogen-bond donors (Lipinski definition) is 2. The molecule has 2 heterocycles. The lowest BCUT2D eigenvalue weighted by atomic mass is 10.2. The van der Waals surface area contributed by atoms with Gasteiger partial charge in [-0.1, -0.05) is 6.92 Å². The Balaban J connectivity index is 1.82. The Morgan fingerprint density at radius 3 is 3.21 bits per heavy atom. The molecule has 2 saturated heterocycles. The van der Waals surface area contributed by atoms with Crippen LogP contribution in [0.1, 0.15) is 19.8 Å². The smallest absolute Gasteiger partial charge is 0.0503 e. The van der Waals surface area contributed by atoms with Crippen molar-refractivity contribution in [2.75, 3.05) is 39.6 Å². The molecule has 0 aromatic heterocycles. The van der Waals surface area contributed by atoms with Gasteiger partial charge in [0, 0.05) is 25.9 Å². The predicted octanol–water partition coefficient (Wildman–Crippen LogP) is -0.162. The minimum Gasteiger partial charge on any atom is -0.305 e. The third kappa shape index (κ3) is 2.45. The summed E-state index contributed by atoms with van der Waals surface area (Å²) in [4.78, 5) is 5.05. The molecule has 82 valence electrons. The molecule has 2 fully saturated rings. The molecular weight excluding hydrogens is 176 g/mol. The van der Waals surface area contributed by atoms with Crippen molar-refractivity contribution in [3.05, 3.63) is 0 Å². The van der Waals surface area contributed by atoms with Gasteiger partial charge in [-0.05, 0) is 25.9 Å². The maximum Gasteiger partial charge on any atom is 0.0503 e. The van der Waals surface area contributed by atoms with Crippen LogP contribution in [0.3, 0.4) is 0 Å². The number of nitrogens with zero attached hydrogens (tertiary/aromatic N) is 2. The summed E-state index contributed by atoms with van der Waals surface area (Å²) < 4.78 is 0. The van der Waals surface area contributed by atoms with E-state index in [1.54, 1.807) is 0 Å². The molecule has 0 bridgehead atoms. The summed E-state index contributed by atoms with van der Waals surface area (Å²) in [5.41, 5.74) is 0. The van der Waals surface area contributed by atoms with Crippen molar-refractivity contribution in [1.29, 1.82) is 0 Å². The van der Waals surface area contributed by atoms with E-state index in [4.69, 9.17) is 0 Å². The molecule has 0 spiro atoms. The molecule has 0 saturated carbocycles. The second kappa shape index (κ2) is 5.07. The first-order valence-corrected chi connectivity index (χ1v) is 5.78. The van der Waals surface area contributed by atoms with E-state index in [0.717, 1.165) is 32.6 Å². The lowest BCUT2D eigenvalue weighted by Crippen LogP contribution is -2.41. The van der Waals surface area contributed by atoms with Crippen LogP contribution in [0.5, 0.6) is 0 Å². The van der Waals surface area contributed by atoms with Gasteiger partial charge in [0.2, 0.25) is 0 Å². The third-order valence-electron chi connectivity index (χ3n) is 3.20. The second-order valence-electron chi connectivity index (χ2n) is 4.29. The predicted molar refractivity (Wildman–Crippen MR) is 57.8 cm³/mol. The second-order valence-corrected chi connectivity index (χ2v) is 4.29. The zero-order chi connectivity index (χ0) is 9.80. The average molecular weight is 198 g/mol. The largest absolute Gasteiger partial charge is 0.305 e. The van der Waals surface area contributed by atoms with Crippen LogP contribution in [0, 0.1) is 0 Å². The highest BCUT2D eigenvalue weighted by atomic mass is 15.4. The first-order chi connectivity index (χ1) is 6.90. The van der Waals surface area contributed by atoms with Gasteiger partial charge < -0.3 is 5.32 Å². The first-order valence-electron chi connectivity index (χ1n) is 5.78. The van der Waals surface area contributed by atoms with Gasteiger partial charge in [0.05, 0.1) is 6.67 Å². The van der Waals surface area contributed by atoms with E-state index >= 15 is 0 Å². The van der Waals surface area contributed by atoms with E-state index in [0.29, 0.717) is 0 Å². The number of fused-ring (bicyclic) bond motifs is 1. The monoisotopic (exact) mass is 198 g/mol. The molecule has 0 radical (unpaired) electrons. The summed E-state index contributed by atoms with van der Waals surface area (Å²) in [6, 6.07) is 0.795. The summed E-state index contributed by atoms with van der Waals surface area (Å²) in [6.07, 6.45) is 2.76. The molecule has 2 aliphatic heterocycles. The molecule has 4 nitrogen and oxygen atoms in total. The van der Waals surface area contributed by atoms with Crippen LogP contribution in [0.25, 0.3) is 0 Å². The van der Waals surface area contributed by atoms with E-state index < -0.39 is 0 Å². The molecule has 0 amide bonds. The van der Waals surface area contributed by atoms with Gasteiger partial charge in [-0.3, -0.25) is 15.1 Å². The Morgan fingerprint density at radius 2 is 2.36 bits per heavy atom. The molecule has 14 heavy (non-hydrogen) atoms. The van der Waals surface area contributed by atoms with Crippen molar-refractivity contribution in [3.63, 3.8) is 0 Å². The Kier molecular flexibility index (Phi) is 3.75. The van der Waals surface area contributed by atoms with Gasteiger partial charge in [-0.2, -0.15) is 0 Å². The quantitative estimate of drug-likeness (QED) is 0.659. The first kappa shape index (κ1) is 10.4. The third-order valence-corrected chi connectivity index (χ3v) is 3.20. The topological polar surface area (TPSA) is 30.5 Å². The Morgan fingerprint density at radius 1 is 1.43 bits per heavy atom. The normalized spacial score (nSPS) is 30.2. The minimum atomic E-state index is 0.795.